The molecule has 3 aromatic rings. The number of benzene rings is 2. The van der Waals surface area contributed by atoms with Gasteiger partial charge in [-0.1, -0.05) is 0 Å². The van der Waals surface area contributed by atoms with Crippen molar-refractivity contribution in [2.75, 3.05) is 26.1 Å². The third-order valence-electron chi connectivity index (χ3n) is 3.56. The standard InChI is InChI=1S/C18H17FN4O/c1-23(2)18-20-16(12-6-10-15(24-3)11-7-12)17(21-22-18)13-4-8-14(19)9-5-13/h4-11H,1-3H3. The molecule has 0 N–H and O–H groups in total. The lowest BCUT2D eigenvalue weighted by atomic mass is 10.0. The fraction of sp³-hybridized carbons (Fsp3) is 0.167. The average Bonchev–Trinajstić information content (AvgIpc) is 2.62. The van der Waals surface area contributed by atoms with E-state index in [1.54, 1.807) is 24.1 Å². The molecule has 0 spiro atoms. The minimum Gasteiger partial charge on any atom is -0.497 e. The van der Waals surface area contributed by atoms with Crippen LogP contribution in [0.1, 0.15) is 0 Å². The summed E-state index contributed by atoms with van der Waals surface area (Å²) in [6.45, 7) is 0. The predicted octanol–water partition coefficient (Wildman–Crippen LogP) is 3.42. The van der Waals surface area contributed by atoms with Crippen LogP contribution in [0, 0.1) is 5.82 Å². The topological polar surface area (TPSA) is 51.1 Å². The number of aromatic nitrogens is 3. The van der Waals surface area contributed by atoms with Crippen molar-refractivity contribution in [1.29, 1.82) is 0 Å². The van der Waals surface area contributed by atoms with Crippen LogP contribution in [-0.4, -0.2) is 36.4 Å². The van der Waals surface area contributed by atoms with E-state index in [1.807, 2.05) is 38.4 Å². The highest BCUT2D eigenvalue weighted by Crippen LogP contribution is 2.30. The Bertz CT molecular complexity index is 833. The molecule has 0 bridgehead atoms. The number of halogens is 1. The van der Waals surface area contributed by atoms with Crippen LogP contribution in [0.25, 0.3) is 22.5 Å². The second-order valence-corrected chi connectivity index (χ2v) is 5.44. The smallest absolute Gasteiger partial charge is 0.245 e. The molecule has 0 unspecified atom stereocenters. The Morgan fingerprint density at radius 2 is 1.42 bits per heavy atom. The quantitative estimate of drug-likeness (QED) is 0.736. The monoisotopic (exact) mass is 324 g/mol. The second-order valence-electron chi connectivity index (χ2n) is 5.44. The Balaban J connectivity index is 2.15. The maximum atomic E-state index is 13.2. The maximum absolute atomic E-state index is 13.2. The van der Waals surface area contributed by atoms with Gasteiger partial charge in [0.25, 0.3) is 0 Å². The van der Waals surface area contributed by atoms with E-state index in [9.17, 15) is 4.39 Å². The van der Waals surface area contributed by atoms with Crippen LogP contribution in [0.2, 0.25) is 0 Å². The van der Waals surface area contributed by atoms with Crippen LogP contribution in [0.4, 0.5) is 10.3 Å². The Morgan fingerprint density at radius 1 is 0.833 bits per heavy atom. The normalized spacial score (nSPS) is 10.5. The third kappa shape index (κ3) is 3.17. The highest BCUT2D eigenvalue weighted by atomic mass is 19.1. The fourth-order valence-corrected chi connectivity index (χ4v) is 2.26. The van der Waals surface area contributed by atoms with Gasteiger partial charge in [0.2, 0.25) is 5.95 Å². The molecular formula is C18H17FN4O. The van der Waals surface area contributed by atoms with Gasteiger partial charge < -0.3 is 9.64 Å². The number of hydrogen-bond acceptors (Lipinski definition) is 5. The lowest BCUT2D eigenvalue weighted by Crippen LogP contribution is -2.14. The molecule has 6 heteroatoms. The van der Waals surface area contributed by atoms with Gasteiger partial charge in [-0.3, -0.25) is 0 Å². The summed E-state index contributed by atoms with van der Waals surface area (Å²) >= 11 is 0. The summed E-state index contributed by atoms with van der Waals surface area (Å²) in [5.41, 5.74) is 2.93. The molecule has 0 aliphatic heterocycles. The molecule has 0 aliphatic carbocycles. The van der Waals surface area contributed by atoms with Gasteiger partial charge in [-0.05, 0) is 48.5 Å². The van der Waals surface area contributed by atoms with Crippen LogP contribution in [0.3, 0.4) is 0 Å². The number of methoxy groups -OCH3 is 1. The van der Waals surface area contributed by atoms with Gasteiger partial charge >= 0.3 is 0 Å². The summed E-state index contributed by atoms with van der Waals surface area (Å²) in [5, 5.41) is 8.45. The number of rotatable bonds is 4. The SMILES string of the molecule is COc1ccc(-c2nc(N(C)C)nnc2-c2ccc(F)cc2)cc1. The summed E-state index contributed by atoms with van der Waals surface area (Å²) in [7, 11) is 5.33. The zero-order valence-corrected chi connectivity index (χ0v) is 13.7. The second kappa shape index (κ2) is 6.62. The van der Waals surface area contributed by atoms with Crippen molar-refractivity contribution in [3.63, 3.8) is 0 Å². The molecule has 1 heterocycles. The first-order valence-electron chi connectivity index (χ1n) is 7.41. The number of nitrogens with zero attached hydrogens (tertiary/aromatic N) is 4. The first-order chi connectivity index (χ1) is 11.6. The van der Waals surface area contributed by atoms with E-state index in [-0.39, 0.29) is 5.82 Å². The van der Waals surface area contributed by atoms with Gasteiger partial charge in [0.05, 0.1) is 7.11 Å². The van der Waals surface area contributed by atoms with E-state index in [2.05, 4.69) is 15.2 Å². The third-order valence-corrected chi connectivity index (χ3v) is 3.56. The molecular weight excluding hydrogens is 307 g/mol. The van der Waals surface area contributed by atoms with Crippen molar-refractivity contribution in [2.45, 2.75) is 0 Å². The molecule has 0 aliphatic rings. The van der Waals surface area contributed by atoms with Crippen molar-refractivity contribution in [1.82, 2.24) is 15.2 Å². The number of hydrogen-bond donors (Lipinski definition) is 0. The maximum Gasteiger partial charge on any atom is 0.245 e. The first kappa shape index (κ1) is 15.9. The van der Waals surface area contributed by atoms with Crippen molar-refractivity contribution < 1.29 is 9.13 Å². The van der Waals surface area contributed by atoms with Gasteiger partial charge in [0.15, 0.2) is 0 Å². The summed E-state index contributed by atoms with van der Waals surface area (Å²) in [6.07, 6.45) is 0. The molecule has 2 aromatic carbocycles. The Hall–Kier alpha value is -3.02. The van der Waals surface area contributed by atoms with Gasteiger partial charge in [-0.15, -0.1) is 10.2 Å². The largest absolute Gasteiger partial charge is 0.497 e. The number of ether oxygens (including phenoxy) is 1. The van der Waals surface area contributed by atoms with Crippen molar-refractivity contribution in [2.24, 2.45) is 0 Å². The van der Waals surface area contributed by atoms with Gasteiger partial charge in [-0.25, -0.2) is 9.37 Å². The zero-order chi connectivity index (χ0) is 17.1. The molecule has 0 fully saturated rings. The molecule has 0 amide bonds. The molecule has 3 rings (SSSR count). The van der Waals surface area contributed by atoms with Gasteiger partial charge in [-0.2, -0.15) is 0 Å². The van der Waals surface area contributed by atoms with E-state index in [0.717, 1.165) is 16.9 Å². The average molecular weight is 324 g/mol. The molecule has 0 atom stereocenters. The summed E-state index contributed by atoms with van der Waals surface area (Å²) in [5.74, 6) is 0.971. The molecule has 1 aromatic heterocycles. The van der Waals surface area contributed by atoms with E-state index < -0.39 is 0 Å². The molecule has 0 radical (unpaired) electrons. The van der Waals surface area contributed by atoms with Crippen LogP contribution in [0.15, 0.2) is 48.5 Å². The Morgan fingerprint density at radius 3 is 2.00 bits per heavy atom. The predicted molar refractivity (Wildman–Crippen MR) is 91.5 cm³/mol. The van der Waals surface area contributed by atoms with Crippen LogP contribution < -0.4 is 9.64 Å². The van der Waals surface area contributed by atoms with E-state index in [1.165, 1.54) is 12.1 Å². The lowest BCUT2D eigenvalue weighted by molar-refractivity contribution is 0.415. The zero-order valence-electron chi connectivity index (χ0n) is 13.7. The molecule has 0 saturated heterocycles. The van der Waals surface area contributed by atoms with Gasteiger partial charge in [0, 0.05) is 25.2 Å². The van der Waals surface area contributed by atoms with E-state index in [0.29, 0.717) is 17.3 Å². The first-order valence-corrected chi connectivity index (χ1v) is 7.41. The number of anilines is 1. The van der Waals surface area contributed by atoms with Crippen molar-refractivity contribution in [3.05, 3.63) is 54.3 Å². The van der Waals surface area contributed by atoms with Crippen molar-refractivity contribution >= 4 is 5.95 Å². The molecule has 0 saturated carbocycles. The Kier molecular flexibility index (Phi) is 4.37. The minimum absolute atomic E-state index is 0.296. The Labute approximate surface area is 139 Å². The summed E-state index contributed by atoms with van der Waals surface area (Å²) in [4.78, 5) is 6.40. The van der Waals surface area contributed by atoms with Gasteiger partial charge in [0.1, 0.15) is 23.0 Å². The fourth-order valence-electron chi connectivity index (χ4n) is 2.26. The van der Waals surface area contributed by atoms with Crippen LogP contribution in [-0.2, 0) is 0 Å². The minimum atomic E-state index is -0.296. The lowest BCUT2D eigenvalue weighted by Gasteiger charge is -2.13. The molecule has 5 nitrogen and oxygen atoms in total. The summed E-state index contributed by atoms with van der Waals surface area (Å²) < 4.78 is 18.4. The van der Waals surface area contributed by atoms with Crippen LogP contribution in [0.5, 0.6) is 5.75 Å². The molecule has 24 heavy (non-hydrogen) atoms. The van der Waals surface area contributed by atoms with E-state index in [4.69, 9.17) is 4.74 Å². The van der Waals surface area contributed by atoms with Crippen molar-refractivity contribution in [3.8, 4) is 28.3 Å². The highest BCUT2D eigenvalue weighted by molar-refractivity contribution is 5.78. The molecule has 122 valence electrons. The highest BCUT2D eigenvalue weighted by Gasteiger charge is 2.14. The summed E-state index contributed by atoms with van der Waals surface area (Å²) in [6, 6.07) is 13.7. The van der Waals surface area contributed by atoms with Crippen LogP contribution >= 0.6 is 0 Å². The van der Waals surface area contributed by atoms with E-state index >= 15 is 0 Å².